The second-order valence-electron chi connectivity index (χ2n) is 5.74. The maximum Gasteiger partial charge on any atom is 0.0697 e. The van der Waals surface area contributed by atoms with E-state index in [1.807, 2.05) is 23.5 Å². The number of aryl methyl sites for hydroxylation is 1. The minimum Gasteiger partial charge on any atom is -0.315 e. The van der Waals surface area contributed by atoms with Crippen LogP contribution in [0.3, 0.4) is 0 Å². The van der Waals surface area contributed by atoms with Crippen molar-refractivity contribution in [1.82, 2.24) is 10.2 Å². The molecule has 0 amide bonds. The van der Waals surface area contributed by atoms with Gasteiger partial charge in [0.25, 0.3) is 0 Å². The van der Waals surface area contributed by atoms with Gasteiger partial charge in [-0.1, -0.05) is 29.3 Å². The van der Waals surface area contributed by atoms with Crippen LogP contribution in [0, 0.1) is 6.92 Å². The maximum atomic E-state index is 6.26. The third-order valence-corrected chi connectivity index (χ3v) is 5.86. The Labute approximate surface area is 146 Å². The van der Waals surface area contributed by atoms with E-state index in [1.165, 1.54) is 22.4 Å². The molecule has 22 heavy (non-hydrogen) atoms. The summed E-state index contributed by atoms with van der Waals surface area (Å²) in [5.74, 6) is 0. The highest BCUT2D eigenvalue weighted by Gasteiger charge is 2.25. The van der Waals surface area contributed by atoms with Crippen molar-refractivity contribution in [2.24, 2.45) is 0 Å². The normalized spacial score (nSPS) is 18.1. The molecule has 1 atom stereocenters. The first kappa shape index (κ1) is 16.3. The van der Waals surface area contributed by atoms with Crippen molar-refractivity contribution < 1.29 is 0 Å². The standard InChI is InChI=1S/C17H20Cl2N2S/c1-12-9-16(22-11-12)17(21-7-2-5-20-6-8-21)13-3-4-14(18)15(19)10-13/h3-4,9-11,17,20H,2,5-8H2,1H3. The Balaban J connectivity index is 1.99. The van der Waals surface area contributed by atoms with E-state index in [0.717, 1.165) is 26.2 Å². The van der Waals surface area contributed by atoms with E-state index >= 15 is 0 Å². The molecule has 0 radical (unpaired) electrons. The van der Waals surface area contributed by atoms with Crippen LogP contribution < -0.4 is 5.32 Å². The molecule has 1 N–H and O–H groups in total. The van der Waals surface area contributed by atoms with Gasteiger partial charge in [0.15, 0.2) is 0 Å². The Kier molecular flexibility index (Phi) is 5.42. The second kappa shape index (κ2) is 7.33. The highest BCUT2D eigenvalue weighted by Crippen LogP contribution is 2.35. The number of hydrogen-bond acceptors (Lipinski definition) is 3. The number of thiophene rings is 1. The molecule has 2 aromatic rings. The Morgan fingerprint density at radius 1 is 1.14 bits per heavy atom. The monoisotopic (exact) mass is 354 g/mol. The fourth-order valence-corrected chi connectivity index (χ4v) is 4.32. The Hall–Kier alpha value is -0.580. The smallest absolute Gasteiger partial charge is 0.0697 e. The lowest BCUT2D eigenvalue weighted by Gasteiger charge is -2.30. The van der Waals surface area contributed by atoms with Gasteiger partial charge >= 0.3 is 0 Å². The summed E-state index contributed by atoms with van der Waals surface area (Å²) in [5, 5.41) is 6.94. The zero-order valence-corrected chi connectivity index (χ0v) is 14.9. The molecule has 2 nitrogen and oxygen atoms in total. The second-order valence-corrected chi connectivity index (χ2v) is 7.50. The largest absolute Gasteiger partial charge is 0.315 e. The van der Waals surface area contributed by atoms with E-state index in [4.69, 9.17) is 23.2 Å². The van der Waals surface area contributed by atoms with Crippen molar-refractivity contribution in [3.8, 4) is 0 Å². The van der Waals surface area contributed by atoms with Crippen molar-refractivity contribution in [1.29, 1.82) is 0 Å². The molecule has 1 aliphatic rings. The molecule has 3 rings (SSSR count). The molecule has 1 aromatic heterocycles. The number of rotatable bonds is 3. The number of nitrogens with zero attached hydrogens (tertiary/aromatic N) is 1. The van der Waals surface area contributed by atoms with E-state index in [-0.39, 0.29) is 6.04 Å². The highest BCUT2D eigenvalue weighted by molar-refractivity contribution is 7.10. The molecule has 1 fully saturated rings. The van der Waals surface area contributed by atoms with E-state index in [2.05, 4.69) is 34.7 Å². The SMILES string of the molecule is Cc1csc(C(c2ccc(Cl)c(Cl)c2)N2CCCNCC2)c1. The van der Waals surface area contributed by atoms with Crippen LogP contribution in [0.1, 0.15) is 28.5 Å². The lowest BCUT2D eigenvalue weighted by molar-refractivity contribution is 0.244. The van der Waals surface area contributed by atoms with Gasteiger partial charge in [0.2, 0.25) is 0 Å². The Morgan fingerprint density at radius 3 is 2.73 bits per heavy atom. The summed E-state index contributed by atoms with van der Waals surface area (Å²) in [4.78, 5) is 3.92. The topological polar surface area (TPSA) is 15.3 Å². The summed E-state index contributed by atoms with van der Waals surface area (Å²) >= 11 is 14.2. The quantitative estimate of drug-likeness (QED) is 0.855. The fourth-order valence-electron chi connectivity index (χ4n) is 2.96. The molecule has 0 spiro atoms. The molecular formula is C17H20Cl2N2S. The lowest BCUT2D eigenvalue weighted by Crippen LogP contribution is -2.32. The van der Waals surface area contributed by atoms with Crippen LogP contribution in [-0.2, 0) is 0 Å². The molecule has 118 valence electrons. The van der Waals surface area contributed by atoms with Crippen molar-refractivity contribution in [3.05, 3.63) is 55.7 Å². The first-order chi connectivity index (χ1) is 10.6. The van der Waals surface area contributed by atoms with E-state index in [9.17, 15) is 0 Å². The molecule has 0 bridgehead atoms. The lowest BCUT2D eigenvalue weighted by atomic mass is 10.0. The Bertz CT molecular complexity index is 633. The molecule has 2 heterocycles. The third kappa shape index (κ3) is 3.66. The van der Waals surface area contributed by atoms with Crippen molar-refractivity contribution >= 4 is 34.5 Å². The van der Waals surface area contributed by atoms with Gasteiger partial charge in [-0.05, 0) is 54.6 Å². The number of nitrogens with one attached hydrogen (secondary N) is 1. The van der Waals surface area contributed by atoms with Gasteiger partial charge in [0, 0.05) is 24.5 Å². The van der Waals surface area contributed by atoms with Crippen LogP contribution in [0.4, 0.5) is 0 Å². The summed E-state index contributed by atoms with van der Waals surface area (Å²) < 4.78 is 0. The van der Waals surface area contributed by atoms with Gasteiger partial charge in [-0.2, -0.15) is 0 Å². The van der Waals surface area contributed by atoms with Crippen LogP contribution in [-0.4, -0.2) is 31.1 Å². The maximum absolute atomic E-state index is 6.26. The van der Waals surface area contributed by atoms with Gasteiger partial charge < -0.3 is 5.32 Å². The molecular weight excluding hydrogens is 335 g/mol. The van der Waals surface area contributed by atoms with Gasteiger partial charge in [0.1, 0.15) is 0 Å². The van der Waals surface area contributed by atoms with Crippen LogP contribution in [0.5, 0.6) is 0 Å². The van der Waals surface area contributed by atoms with Crippen molar-refractivity contribution in [2.45, 2.75) is 19.4 Å². The first-order valence-electron chi connectivity index (χ1n) is 7.60. The predicted molar refractivity (Wildman–Crippen MR) is 96.4 cm³/mol. The van der Waals surface area contributed by atoms with Crippen molar-refractivity contribution in [2.75, 3.05) is 26.2 Å². The molecule has 0 aliphatic carbocycles. The van der Waals surface area contributed by atoms with Gasteiger partial charge in [-0.15, -0.1) is 11.3 Å². The average molecular weight is 355 g/mol. The van der Waals surface area contributed by atoms with Gasteiger partial charge in [-0.3, -0.25) is 4.90 Å². The van der Waals surface area contributed by atoms with Crippen molar-refractivity contribution in [3.63, 3.8) is 0 Å². The minimum absolute atomic E-state index is 0.258. The Morgan fingerprint density at radius 2 is 2.00 bits per heavy atom. The number of benzene rings is 1. The zero-order chi connectivity index (χ0) is 15.5. The summed E-state index contributed by atoms with van der Waals surface area (Å²) in [6.07, 6.45) is 1.17. The summed E-state index contributed by atoms with van der Waals surface area (Å²) in [6, 6.07) is 8.57. The van der Waals surface area contributed by atoms with Gasteiger partial charge in [-0.25, -0.2) is 0 Å². The van der Waals surface area contributed by atoms with Crippen LogP contribution >= 0.6 is 34.5 Å². The molecule has 5 heteroatoms. The minimum atomic E-state index is 0.258. The van der Waals surface area contributed by atoms with Crippen LogP contribution in [0.2, 0.25) is 10.0 Å². The molecule has 1 aliphatic heterocycles. The molecule has 1 saturated heterocycles. The number of hydrogen-bond donors (Lipinski definition) is 1. The highest BCUT2D eigenvalue weighted by atomic mass is 35.5. The third-order valence-electron chi connectivity index (χ3n) is 4.02. The number of halogens is 2. The first-order valence-corrected chi connectivity index (χ1v) is 9.23. The molecule has 1 aromatic carbocycles. The van der Waals surface area contributed by atoms with E-state index in [0.29, 0.717) is 10.0 Å². The average Bonchev–Trinajstić information content (AvgIpc) is 2.75. The fraction of sp³-hybridized carbons (Fsp3) is 0.412. The van der Waals surface area contributed by atoms with Crippen LogP contribution in [0.15, 0.2) is 29.6 Å². The van der Waals surface area contributed by atoms with Crippen LogP contribution in [0.25, 0.3) is 0 Å². The molecule has 1 unspecified atom stereocenters. The summed E-state index contributed by atoms with van der Waals surface area (Å²) in [7, 11) is 0. The summed E-state index contributed by atoms with van der Waals surface area (Å²) in [6.45, 7) is 6.41. The summed E-state index contributed by atoms with van der Waals surface area (Å²) in [5.41, 5.74) is 2.54. The van der Waals surface area contributed by atoms with Gasteiger partial charge in [0.05, 0.1) is 16.1 Å². The zero-order valence-electron chi connectivity index (χ0n) is 12.6. The van der Waals surface area contributed by atoms with E-state index < -0.39 is 0 Å². The predicted octanol–water partition coefficient (Wildman–Crippen LogP) is 4.75. The molecule has 0 saturated carbocycles. The van der Waals surface area contributed by atoms with E-state index in [1.54, 1.807) is 0 Å².